The second kappa shape index (κ2) is 16.5. The van der Waals surface area contributed by atoms with E-state index in [4.69, 9.17) is 17.2 Å². The van der Waals surface area contributed by atoms with Crippen molar-refractivity contribution in [3.63, 3.8) is 0 Å². The summed E-state index contributed by atoms with van der Waals surface area (Å²) in [7, 11) is 0. The number of aromatic amines is 1. The minimum atomic E-state index is -1.55. The molecule has 0 aliphatic carbocycles. The van der Waals surface area contributed by atoms with Crippen LogP contribution in [0.15, 0.2) is 12.5 Å². The molecule has 1 rings (SSSR count). The molecule has 0 saturated heterocycles. The number of aliphatic carboxylic acids is 1. The van der Waals surface area contributed by atoms with Gasteiger partial charge in [0.15, 0.2) is 0 Å². The number of hydrogen-bond donors (Lipinski definition) is 8. The molecule has 0 radical (unpaired) electrons. The van der Waals surface area contributed by atoms with Gasteiger partial charge >= 0.3 is 5.97 Å². The number of carbonyl (C=O) groups is 5. The maximum absolute atomic E-state index is 13.2. The van der Waals surface area contributed by atoms with Crippen molar-refractivity contribution in [1.82, 2.24) is 25.9 Å². The van der Waals surface area contributed by atoms with Crippen LogP contribution >= 0.6 is 11.8 Å². The number of H-pyrrole nitrogens is 1. The molecule has 4 atom stereocenters. The van der Waals surface area contributed by atoms with Crippen LogP contribution in [0.3, 0.4) is 0 Å². The smallest absolute Gasteiger partial charge is 0.326 e. The van der Waals surface area contributed by atoms with Crippen LogP contribution < -0.4 is 33.2 Å². The summed E-state index contributed by atoms with van der Waals surface area (Å²) in [4.78, 5) is 67.9. The minimum absolute atomic E-state index is 0.0450. The average molecular weight is 529 g/mol. The highest BCUT2D eigenvalue weighted by Gasteiger charge is 2.31. The minimum Gasteiger partial charge on any atom is -0.480 e. The number of nitrogens with one attached hydrogen (secondary N) is 4. The van der Waals surface area contributed by atoms with Crippen LogP contribution in [-0.4, -0.2) is 87.4 Å². The Morgan fingerprint density at radius 3 is 2.22 bits per heavy atom. The van der Waals surface area contributed by atoms with E-state index in [1.807, 2.05) is 0 Å². The Morgan fingerprint density at radius 2 is 1.67 bits per heavy atom. The molecule has 1 aromatic heterocycles. The highest BCUT2D eigenvalue weighted by Crippen LogP contribution is 2.06. The van der Waals surface area contributed by atoms with E-state index in [0.29, 0.717) is 37.3 Å². The highest BCUT2D eigenvalue weighted by molar-refractivity contribution is 7.98. The SMILES string of the molecule is CSCCC(NC(=O)C(Cc1cnc[nH]1)NC(=O)C(N)CCCCN)C(=O)NC(CC(N)=O)C(=O)O. The Hall–Kier alpha value is -3.17. The zero-order chi connectivity index (χ0) is 27.1. The van der Waals surface area contributed by atoms with E-state index < -0.39 is 60.2 Å². The third-order valence-electron chi connectivity index (χ3n) is 5.18. The Morgan fingerprint density at radius 1 is 1.03 bits per heavy atom. The van der Waals surface area contributed by atoms with E-state index in [9.17, 15) is 29.1 Å². The van der Waals surface area contributed by atoms with Gasteiger partial charge in [-0.25, -0.2) is 9.78 Å². The van der Waals surface area contributed by atoms with E-state index in [1.165, 1.54) is 24.3 Å². The molecule has 1 heterocycles. The van der Waals surface area contributed by atoms with Gasteiger partial charge in [-0.1, -0.05) is 6.42 Å². The number of amides is 4. The monoisotopic (exact) mass is 528 g/mol. The molecule has 0 aliphatic rings. The number of imidazole rings is 1. The fourth-order valence-corrected chi connectivity index (χ4v) is 3.67. The lowest BCUT2D eigenvalue weighted by Crippen LogP contribution is -2.58. The molecular weight excluding hydrogens is 492 g/mol. The molecule has 14 nitrogen and oxygen atoms in total. The maximum Gasteiger partial charge on any atom is 0.326 e. The number of carboxylic acid groups (broad SMARTS) is 1. The lowest BCUT2D eigenvalue weighted by Gasteiger charge is -2.25. The number of carboxylic acids is 1. The summed E-state index contributed by atoms with van der Waals surface area (Å²) in [5.74, 6) is -3.88. The fraction of sp³-hybridized carbons (Fsp3) is 0.619. The van der Waals surface area contributed by atoms with Crippen molar-refractivity contribution in [3.8, 4) is 0 Å². The molecule has 0 saturated carbocycles. The second-order valence-corrected chi connectivity index (χ2v) is 9.13. The standard InChI is InChI=1S/C21H36N8O6S/c1-36-7-5-14(19(32)29-16(21(34)35)9-17(24)30)27-20(33)15(8-12-10-25-11-26-12)28-18(31)13(23)4-2-3-6-22/h10-11,13-16H,2-9,22-23H2,1H3,(H2,24,30)(H,25,26)(H,27,33)(H,28,31)(H,29,32)(H,34,35). The molecule has 15 heteroatoms. The molecule has 0 aromatic carbocycles. The Kier molecular flexibility index (Phi) is 14.1. The van der Waals surface area contributed by atoms with Gasteiger partial charge in [-0.2, -0.15) is 11.8 Å². The number of thioether (sulfide) groups is 1. The van der Waals surface area contributed by atoms with Crippen molar-refractivity contribution < 1.29 is 29.1 Å². The number of primary amides is 1. The predicted molar refractivity (Wildman–Crippen MR) is 133 cm³/mol. The zero-order valence-corrected chi connectivity index (χ0v) is 21.0. The molecule has 1 aromatic rings. The Labute approximate surface area is 213 Å². The number of nitrogens with two attached hydrogens (primary N) is 3. The van der Waals surface area contributed by atoms with Gasteiger partial charge in [-0.05, 0) is 37.8 Å². The normalized spacial score (nSPS) is 14.2. The van der Waals surface area contributed by atoms with Crippen LogP contribution in [-0.2, 0) is 30.4 Å². The van der Waals surface area contributed by atoms with Gasteiger partial charge in [-0.3, -0.25) is 19.2 Å². The van der Waals surface area contributed by atoms with Gasteiger partial charge in [0, 0.05) is 18.3 Å². The summed E-state index contributed by atoms with van der Waals surface area (Å²) < 4.78 is 0. The summed E-state index contributed by atoms with van der Waals surface area (Å²) in [6.07, 6.45) is 6.07. The molecule has 0 fully saturated rings. The number of rotatable bonds is 18. The fourth-order valence-electron chi connectivity index (χ4n) is 3.19. The van der Waals surface area contributed by atoms with Gasteiger partial charge in [0.1, 0.15) is 18.1 Å². The second-order valence-electron chi connectivity index (χ2n) is 8.15. The summed E-state index contributed by atoms with van der Waals surface area (Å²) in [6.45, 7) is 0.473. The number of unbranched alkanes of at least 4 members (excludes halogenated alkanes) is 1. The molecule has 11 N–H and O–H groups in total. The number of nitrogens with zero attached hydrogens (tertiary/aromatic N) is 1. The van der Waals surface area contributed by atoms with E-state index in [2.05, 4.69) is 25.9 Å². The quantitative estimate of drug-likeness (QED) is 0.0936. The van der Waals surface area contributed by atoms with E-state index in [-0.39, 0.29) is 12.8 Å². The molecule has 0 aliphatic heterocycles. The van der Waals surface area contributed by atoms with Crippen molar-refractivity contribution in [2.75, 3.05) is 18.6 Å². The molecule has 36 heavy (non-hydrogen) atoms. The molecular formula is C21H36N8O6S. The lowest BCUT2D eigenvalue weighted by molar-refractivity contribution is -0.143. The lowest BCUT2D eigenvalue weighted by atomic mass is 10.1. The van der Waals surface area contributed by atoms with Crippen LogP contribution in [0.1, 0.15) is 37.8 Å². The third-order valence-corrected chi connectivity index (χ3v) is 5.83. The first-order chi connectivity index (χ1) is 17.1. The first kappa shape index (κ1) is 30.9. The Bertz CT molecular complexity index is 869. The molecule has 4 amide bonds. The summed E-state index contributed by atoms with van der Waals surface area (Å²) in [6, 6.07) is -4.62. The first-order valence-electron chi connectivity index (χ1n) is 11.4. The van der Waals surface area contributed by atoms with Crippen LogP contribution in [0.25, 0.3) is 0 Å². The maximum atomic E-state index is 13.2. The molecule has 0 spiro atoms. The summed E-state index contributed by atoms with van der Waals surface area (Å²) in [5.41, 5.74) is 17.0. The van der Waals surface area contributed by atoms with E-state index >= 15 is 0 Å². The molecule has 4 unspecified atom stereocenters. The molecule has 0 bridgehead atoms. The van der Waals surface area contributed by atoms with Gasteiger partial charge in [0.2, 0.25) is 23.6 Å². The number of carbonyl (C=O) groups excluding carboxylic acids is 4. The van der Waals surface area contributed by atoms with Crippen LogP contribution in [0, 0.1) is 0 Å². The van der Waals surface area contributed by atoms with Crippen molar-refractivity contribution >= 4 is 41.4 Å². The van der Waals surface area contributed by atoms with Crippen molar-refractivity contribution in [1.29, 1.82) is 0 Å². The first-order valence-corrected chi connectivity index (χ1v) is 12.8. The summed E-state index contributed by atoms with van der Waals surface area (Å²) >= 11 is 1.42. The van der Waals surface area contributed by atoms with Crippen LogP contribution in [0.4, 0.5) is 0 Å². The van der Waals surface area contributed by atoms with Crippen molar-refractivity contribution in [2.24, 2.45) is 17.2 Å². The average Bonchev–Trinajstić information content (AvgIpc) is 3.33. The zero-order valence-electron chi connectivity index (χ0n) is 20.2. The van der Waals surface area contributed by atoms with E-state index in [0.717, 1.165) is 0 Å². The van der Waals surface area contributed by atoms with E-state index in [1.54, 1.807) is 6.26 Å². The highest BCUT2D eigenvalue weighted by atomic mass is 32.2. The third kappa shape index (κ3) is 11.5. The van der Waals surface area contributed by atoms with Crippen LogP contribution in [0.2, 0.25) is 0 Å². The van der Waals surface area contributed by atoms with Gasteiger partial charge in [0.05, 0.1) is 18.8 Å². The summed E-state index contributed by atoms with van der Waals surface area (Å²) in [5, 5.41) is 16.7. The molecule has 202 valence electrons. The predicted octanol–water partition coefficient (Wildman–Crippen LogP) is -2.42. The van der Waals surface area contributed by atoms with Gasteiger partial charge in [-0.15, -0.1) is 0 Å². The number of hydrogen-bond acceptors (Lipinski definition) is 9. The largest absolute Gasteiger partial charge is 0.480 e. The van der Waals surface area contributed by atoms with Crippen molar-refractivity contribution in [2.45, 2.75) is 62.7 Å². The van der Waals surface area contributed by atoms with Gasteiger partial charge in [0.25, 0.3) is 0 Å². The number of aromatic nitrogens is 2. The topological polar surface area (TPSA) is 248 Å². The Balaban J connectivity index is 2.99. The van der Waals surface area contributed by atoms with Crippen LogP contribution in [0.5, 0.6) is 0 Å². The van der Waals surface area contributed by atoms with Crippen molar-refractivity contribution in [3.05, 3.63) is 18.2 Å². The van der Waals surface area contributed by atoms with Gasteiger partial charge < -0.3 is 43.2 Å².